The van der Waals surface area contributed by atoms with Crippen LogP contribution in [0.25, 0.3) is 0 Å². The lowest BCUT2D eigenvalue weighted by Crippen LogP contribution is -2.07. The van der Waals surface area contributed by atoms with E-state index in [9.17, 15) is 9.18 Å². The summed E-state index contributed by atoms with van der Waals surface area (Å²) in [6, 6.07) is 6.23. The van der Waals surface area contributed by atoms with Gasteiger partial charge < -0.3 is 4.74 Å². The van der Waals surface area contributed by atoms with Crippen LogP contribution < -0.4 is 0 Å². The smallest absolute Gasteiger partial charge is 0.378 e. The van der Waals surface area contributed by atoms with Crippen LogP contribution in [0.1, 0.15) is 28.9 Å². The Morgan fingerprint density at radius 1 is 1.47 bits per heavy atom. The van der Waals surface area contributed by atoms with E-state index >= 15 is 0 Å². The number of carbonyl (C=O) groups excluding carboxylic acids is 1. The molecule has 0 N–H and O–H groups in total. The van der Waals surface area contributed by atoms with Gasteiger partial charge in [0.1, 0.15) is 11.6 Å². The first kappa shape index (κ1) is 13.2. The number of nitrogens with zero attached hydrogens (tertiary/aromatic N) is 3. The van der Waals surface area contributed by atoms with Crippen molar-refractivity contribution in [1.82, 2.24) is 14.8 Å². The van der Waals surface area contributed by atoms with Crippen molar-refractivity contribution in [2.75, 3.05) is 6.61 Å². The molecule has 0 saturated heterocycles. The number of benzene rings is 1. The Morgan fingerprint density at radius 3 is 2.95 bits per heavy atom. The highest BCUT2D eigenvalue weighted by atomic mass is 19.1. The molecule has 5 nitrogen and oxygen atoms in total. The molecule has 19 heavy (non-hydrogen) atoms. The van der Waals surface area contributed by atoms with Crippen LogP contribution in [-0.4, -0.2) is 27.3 Å². The number of hydrogen-bond acceptors (Lipinski definition) is 4. The van der Waals surface area contributed by atoms with Gasteiger partial charge in [-0.25, -0.2) is 14.2 Å². The van der Waals surface area contributed by atoms with Crippen LogP contribution >= 0.6 is 0 Å². The fraction of sp³-hybridized carbons (Fsp3) is 0.308. The van der Waals surface area contributed by atoms with E-state index in [0.717, 1.165) is 5.56 Å². The first-order chi connectivity index (χ1) is 9.10. The monoisotopic (exact) mass is 263 g/mol. The minimum absolute atomic E-state index is 0.0238. The van der Waals surface area contributed by atoms with Gasteiger partial charge in [0.2, 0.25) is 0 Å². The zero-order valence-electron chi connectivity index (χ0n) is 10.8. The summed E-state index contributed by atoms with van der Waals surface area (Å²) in [5.41, 5.74) is 0.769. The maximum Gasteiger partial charge on any atom is 0.378 e. The van der Waals surface area contributed by atoms with Crippen LogP contribution in [-0.2, 0) is 18.2 Å². The van der Waals surface area contributed by atoms with Gasteiger partial charge in [-0.1, -0.05) is 12.1 Å². The molecule has 0 bridgehead atoms. The molecule has 0 aliphatic carbocycles. The molecule has 100 valence electrons. The highest BCUT2D eigenvalue weighted by Crippen LogP contribution is 2.09. The van der Waals surface area contributed by atoms with Gasteiger partial charge in [-0.15, -0.1) is 5.10 Å². The molecule has 0 fully saturated rings. The molecular weight excluding hydrogens is 249 g/mol. The summed E-state index contributed by atoms with van der Waals surface area (Å²) < 4.78 is 19.4. The third-order valence-electron chi connectivity index (χ3n) is 2.56. The van der Waals surface area contributed by atoms with Gasteiger partial charge in [-0.3, -0.25) is 4.68 Å². The number of halogens is 1. The normalized spacial score (nSPS) is 10.5. The van der Waals surface area contributed by atoms with Crippen molar-refractivity contribution in [2.24, 2.45) is 7.05 Å². The van der Waals surface area contributed by atoms with Gasteiger partial charge in [0.15, 0.2) is 0 Å². The topological polar surface area (TPSA) is 57.0 Å². The maximum atomic E-state index is 13.1. The lowest BCUT2D eigenvalue weighted by atomic mass is 10.1. The van der Waals surface area contributed by atoms with E-state index in [0.29, 0.717) is 12.2 Å². The van der Waals surface area contributed by atoms with E-state index in [1.165, 1.54) is 16.8 Å². The Balaban J connectivity index is 2.19. The van der Waals surface area contributed by atoms with Gasteiger partial charge in [0, 0.05) is 13.5 Å². The lowest BCUT2D eigenvalue weighted by Gasteiger charge is -2.00. The highest BCUT2D eigenvalue weighted by Gasteiger charge is 2.15. The highest BCUT2D eigenvalue weighted by molar-refractivity contribution is 5.84. The number of aryl methyl sites for hydroxylation is 1. The lowest BCUT2D eigenvalue weighted by molar-refractivity contribution is 0.0512. The zero-order valence-corrected chi connectivity index (χ0v) is 10.8. The number of aromatic nitrogens is 3. The van der Waals surface area contributed by atoms with E-state index in [4.69, 9.17) is 4.74 Å². The predicted octanol–water partition coefficient (Wildman–Crippen LogP) is 1.72. The van der Waals surface area contributed by atoms with Gasteiger partial charge in [-0.2, -0.15) is 0 Å². The van der Waals surface area contributed by atoms with Crippen molar-refractivity contribution in [3.05, 3.63) is 47.3 Å². The van der Waals surface area contributed by atoms with Gasteiger partial charge in [0.05, 0.1) is 6.61 Å². The van der Waals surface area contributed by atoms with Crippen molar-refractivity contribution in [2.45, 2.75) is 13.3 Å². The fourth-order valence-corrected chi connectivity index (χ4v) is 1.68. The third kappa shape index (κ3) is 3.15. The summed E-state index contributed by atoms with van der Waals surface area (Å²) in [7, 11) is 1.68. The SMILES string of the molecule is CCOC(=O)c1nc(Cc2cccc(F)c2)n(C)n1. The zero-order chi connectivity index (χ0) is 13.8. The van der Waals surface area contributed by atoms with Crippen LogP contribution in [0.15, 0.2) is 24.3 Å². The second kappa shape index (κ2) is 5.60. The molecule has 0 atom stereocenters. The molecule has 0 amide bonds. The largest absolute Gasteiger partial charge is 0.460 e. The first-order valence-electron chi connectivity index (χ1n) is 5.91. The molecule has 0 unspecified atom stereocenters. The van der Waals surface area contributed by atoms with E-state index in [-0.39, 0.29) is 18.2 Å². The van der Waals surface area contributed by atoms with E-state index < -0.39 is 5.97 Å². The summed E-state index contributed by atoms with van der Waals surface area (Å²) in [6.45, 7) is 1.99. The van der Waals surface area contributed by atoms with Crippen LogP contribution in [0.5, 0.6) is 0 Å². The number of carbonyl (C=O) groups is 1. The number of esters is 1. The molecule has 1 heterocycles. The summed E-state index contributed by atoms with van der Waals surface area (Å²) in [6.07, 6.45) is 0.403. The van der Waals surface area contributed by atoms with Crippen molar-refractivity contribution >= 4 is 5.97 Å². The summed E-state index contributed by atoms with van der Waals surface area (Å²) in [5, 5.41) is 3.99. The Bertz CT molecular complexity index is 595. The number of hydrogen-bond donors (Lipinski definition) is 0. The second-order valence-electron chi connectivity index (χ2n) is 4.00. The van der Waals surface area contributed by atoms with Crippen LogP contribution in [0.4, 0.5) is 4.39 Å². The summed E-state index contributed by atoms with van der Waals surface area (Å²) in [4.78, 5) is 15.6. The number of ether oxygens (including phenoxy) is 1. The Labute approximate surface area is 110 Å². The molecule has 0 saturated carbocycles. The minimum atomic E-state index is -0.552. The maximum absolute atomic E-state index is 13.1. The third-order valence-corrected chi connectivity index (χ3v) is 2.56. The fourth-order valence-electron chi connectivity index (χ4n) is 1.68. The molecule has 2 aromatic rings. The Hall–Kier alpha value is -2.24. The summed E-state index contributed by atoms with van der Waals surface area (Å²) >= 11 is 0. The Morgan fingerprint density at radius 2 is 2.26 bits per heavy atom. The molecule has 0 aliphatic rings. The molecule has 0 spiro atoms. The van der Waals surface area contributed by atoms with E-state index in [1.54, 1.807) is 26.1 Å². The van der Waals surface area contributed by atoms with Gasteiger partial charge >= 0.3 is 5.97 Å². The van der Waals surface area contributed by atoms with Crippen LogP contribution in [0.3, 0.4) is 0 Å². The predicted molar refractivity (Wildman–Crippen MR) is 66.2 cm³/mol. The van der Waals surface area contributed by atoms with E-state index in [1.807, 2.05) is 0 Å². The average Bonchev–Trinajstić information content (AvgIpc) is 2.71. The van der Waals surface area contributed by atoms with Gasteiger partial charge in [-0.05, 0) is 24.6 Å². The molecule has 1 aromatic heterocycles. The summed E-state index contributed by atoms with van der Waals surface area (Å²) in [5.74, 6) is -0.252. The minimum Gasteiger partial charge on any atom is -0.460 e. The molecule has 6 heteroatoms. The quantitative estimate of drug-likeness (QED) is 0.788. The molecule has 2 rings (SSSR count). The first-order valence-corrected chi connectivity index (χ1v) is 5.91. The molecule has 1 aromatic carbocycles. The van der Waals surface area contributed by atoms with Crippen LogP contribution in [0, 0.1) is 5.82 Å². The van der Waals surface area contributed by atoms with Crippen LogP contribution in [0.2, 0.25) is 0 Å². The van der Waals surface area contributed by atoms with Crippen molar-refractivity contribution in [3.8, 4) is 0 Å². The van der Waals surface area contributed by atoms with Crippen molar-refractivity contribution in [3.63, 3.8) is 0 Å². The molecule has 0 radical (unpaired) electrons. The van der Waals surface area contributed by atoms with Crippen molar-refractivity contribution in [1.29, 1.82) is 0 Å². The number of rotatable bonds is 4. The standard InChI is InChI=1S/C13H14FN3O2/c1-3-19-13(18)12-15-11(17(2)16-12)8-9-5-4-6-10(14)7-9/h4-7H,3,8H2,1-2H3. The average molecular weight is 263 g/mol. The van der Waals surface area contributed by atoms with E-state index in [2.05, 4.69) is 10.1 Å². The molecule has 0 aliphatic heterocycles. The van der Waals surface area contributed by atoms with Gasteiger partial charge in [0.25, 0.3) is 5.82 Å². The Kier molecular flexibility index (Phi) is 3.89. The molecular formula is C13H14FN3O2. The second-order valence-corrected chi connectivity index (χ2v) is 4.00. The van der Waals surface area contributed by atoms with Crippen molar-refractivity contribution < 1.29 is 13.9 Å².